The van der Waals surface area contributed by atoms with Crippen molar-refractivity contribution < 1.29 is 14.3 Å². The molecule has 0 spiro atoms. The Kier molecular flexibility index (Phi) is 6.31. The number of fused-ring (bicyclic) bond motifs is 1. The van der Waals surface area contributed by atoms with Crippen LogP contribution in [0, 0.1) is 6.92 Å². The van der Waals surface area contributed by atoms with E-state index in [1.807, 2.05) is 55.5 Å². The first-order valence-corrected chi connectivity index (χ1v) is 10.6. The molecule has 0 bridgehead atoms. The van der Waals surface area contributed by atoms with Crippen LogP contribution in [0.3, 0.4) is 0 Å². The number of nitrogens with zero attached hydrogens (tertiary/aromatic N) is 2. The van der Waals surface area contributed by atoms with Crippen molar-refractivity contribution in [3.8, 4) is 11.1 Å². The Morgan fingerprint density at radius 1 is 1.00 bits per heavy atom. The lowest BCUT2D eigenvalue weighted by atomic mass is 10.0. The molecule has 0 saturated carbocycles. The van der Waals surface area contributed by atoms with E-state index in [0.717, 1.165) is 11.1 Å². The Hall–Kier alpha value is -4.26. The number of aromatic nitrogens is 2. The second-order valence-electron chi connectivity index (χ2n) is 7.49. The van der Waals surface area contributed by atoms with Crippen molar-refractivity contribution in [2.75, 3.05) is 11.9 Å². The summed E-state index contributed by atoms with van der Waals surface area (Å²) in [5.41, 5.74) is 4.08. The molecule has 7 nitrogen and oxygen atoms in total. The molecular weight excluding hydrogens is 418 g/mol. The van der Waals surface area contributed by atoms with Gasteiger partial charge >= 0.3 is 5.97 Å². The van der Waals surface area contributed by atoms with Crippen molar-refractivity contribution in [3.63, 3.8) is 0 Å². The maximum Gasteiger partial charge on any atom is 0.338 e. The molecule has 0 atom stereocenters. The standard InChI is InChI=1S/C26H23N3O4/c1-3-29-23-14-13-19(15-22(23)27-17(2)25(29)31)26(32)33-16-24(30)28-21-12-8-7-11-20(21)18-9-5-4-6-10-18/h4-15H,3,16H2,1-2H3,(H,28,30). The van der Waals surface area contributed by atoms with E-state index in [2.05, 4.69) is 10.3 Å². The Morgan fingerprint density at radius 2 is 1.73 bits per heavy atom. The van der Waals surface area contributed by atoms with Gasteiger partial charge in [-0.2, -0.15) is 0 Å². The first-order chi connectivity index (χ1) is 16.0. The van der Waals surface area contributed by atoms with E-state index in [4.69, 9.17) is 4.74 Å². The lowest BCUT2D eigenvalue weighted by Crippen LogP contribution is -2.23. The summed E-state index contributed by atoms with van der Waals surface area (Å²) in [4.78, 5) is 41.5. The molecule has 33 heavy (non-hydrogen) atoms. The monoisotopic (exact) mass is 441 g/mol. The van der Waals surface area contributed by atoms with E-state index in [0.29, 0.717) is 29.0 Å². The fourth-order valence-electron chi connectivity index (χ4n) is 3.68. The Labute approximate surface area is 190 Å². The van der Waals surface area contributed by atoms with Gasteiger partial charge in [-0.05, 0) is 43.7 Å². The average molecular weight is 441 g/mol. The van der Waals surface area contributed by atoms with E-state index in [-0.39, 0.29) is 11.1 Å². The third-order valence-electron chi connectivity index (χ3n) is 5.28. The normalized spacial score (nSPS) is 10.7. The van der Waals surface area contributed by atoms with E-state index >= 15 is 0 Å². The summed E-state index contributed by atoms with van der Waals surface area (Å²) in [6.07, 6.45) is 0. The summed E-state index contributed by atoms with van der Waals surface area (Å²) in [6, 6.07) is 21.9. The number of hydrogen-bond acceptors (Lipinski definition) is 5. The third-order valence-corrected chi connectivity index (χ3v) is 5.28. The number of carbonyl (C=O) groups excluding carboxylic acids is 2. The number of carbonyl (C=O) groups is 2. The van der Waals surface area contributed by atoms with Crippen molar-refractivity contribution in [2.24, 2.45) is 0 Å². The van der Waals surface area contributed by atoms with E-state index in [1.165, 1.54) is 0 Å². The van der Waals surface area contributed by atoms with Crippen molar-refractivity contribution in [2.45, 2.75) is 20.4 Å². The van der Waals surface area contributed by atoms with Crippen molar-refractivity contribution in [1.29, 1.82) is 0 Å². The second kappa shape index (κ2) is 9.48. The van der Waals surface area contributed by atoms with E-state index < -0.39 is 18.5 Å². The van der Waals surface area contributed by atoms with Gasteiger partial charge in [-0.3, -0.25) is 9.59 Å². The van der Waals surface area contributed by atoms with Crippen molar-refractivity contribution >= 4 is 28.6 Å². The third kappa shape index (κ3) is 4.67. The molecule has 3 aromatic carbocycles. The zero-order valence-electron chi connectivity index (χ0n) is 18.4. The maximum absolute atomic E-state index is 12.5. The molecule has 0 fully saturated rings. The first kappa shape index (κ1) is 22.0. The molecule has 0 unspecified atom stereocenters. The van der Waals surface area contributed by atoms with Gasteiger partial charge in [0.05, 0.1) is 16.6 Å². The minimum Gasteiger partial charge on any atom is -0.452 e. The number of para-hydroxylation sites is 1. The second-order valence-corrected chi connectivity index (χ2v) is 7.49. The average Bonchev–Trinajstić information content (AvgIpc) is 2.84. The molecule has 166 valence electrons. The number of esters is 1. The summed E-state index contributed by atoms with van der Waals surface area (Å²) in [5, 5.41) is 2.81. The summed E-state index contributed by atoms with van der Waals surface area (Å²) in [6.45, 7) is 3.57. The highest BCUT2D eigenvalue weighted by Gasteiger charge is 2.15. The van der Waals surface area contributed by atoms with Crippen LogP contribution in [0.25, 0.3) is 22.2 Å². The van der Waals surface area contributed by atoms with Crippen molar-refractivity contribution in [3.05, 3.63) is 94.4 Å². The summed E-state index contributed by atoms with van der Waals surface area (Å²) >= 11 is 0. The maximum atomic E-state index is 12.5. The van der Waals surface area contributed by atoms with Crippen LogP contribution in [-0.4, -0.2) is 28.0 Å². The van der Waals surface area contributed by atoms with Crippen LogP contribution in [0.2, 0.25) is 0 Å². The van der Waals surface area contributed by atoms with Crippen LogP contribution >= 0.6 is 0 Å². The molecule has 0 aliphatic carbocycles. The molecule has 1 heterocycles. The Bertz CT molecular complexity index is 1390. The molecule has 4 aromatic rings. The van der Waals surface area contributed by atoms with Crippen LogP contribution in [0.4, 0.5) is 5.69 Å². The molecule has 0 aliphatic heterocycles. The predicted molar refractivity (Wildman–Crippen MR) is 127 cm³/mol. The predicted octanol–water partition coefficient (Wildman–Crippen LogP) is 4.19. The molecule has 7 heteroatoms. The molecule has 0 radical (unpaired) electrons. The smallest absolute Gasteiger partial charge is 0.338 e. The van der Waals surface area contributed by atoms with Gasteiger partial charge in [-0.15, -0.1) is 0 Å². The number of rotatable bonds is 6. The molecule has 1 N–H and O–H groups in total. The summed E-state index contributed by atoms with van der Waals surface area (Å²) in [5.74, 6) is -1.08. The van der Waals surface area contributed by atoms with Gasteiger partial charge in [0.15, 0.2) is 6.61 Å². The molecule has 1 amide bonds. The van der Waals surface area contributed by atoms with Crippen molar-refractivity contribution in [1.82, 2.24) is 9.55 Å². The van der Waals surface area contributed by atoms with Gasteiger partial charge in [0, 0.05) is 17.8 Å². The Balaban J connectivity index is 1.47. The van der Waals surface area contributed by atoms with Gasteiger partial charge < -0.3 is 14.6 Å². The van der Waals surface area contributed by atoms with Gasteiger partial charge in [-0.1, -0.05) is 48.5 Å². The number of amides is 1. The molecule has 4 rings (SSSR count). The topological polar surface area (TPSA) is 90.3 Å². The largest absolute Gasteiger partial charge is 0.452 e. The lowest BCUT2D eigenvalue weighted by Gasteiger charge is -2.12. The number of nitrogens with one attached hydrogen (secondary N) is 1. The number of anilines is 1. The SMILES string of the molecule is CCn1c(=O)c(C)nc2cc(C(=O)OCC(=O)Nc3ccccc3-c3ccccc3)ccc21. The fourth-order valence-corrected chi connectivity index (χ4v) is 3.68. The number of aryl methyl sites for hydroxylation is 2. The van der Waals surface area contributed by atoms with E-state index in [1.54, 1.807) is 35.8 Å². The molecular formula is C26H23N3O4. The Morgan fingerprint density at radius 3 is 2.48 bits per heavy atom. The first-order valence-electron chi connectivity index (χ1n) is 10.6. The van der Waals surface area contributed by atoms with Crippen LogP contribution < -0.4 is 10.9 Å². The zero-order chi connectivity index (χ0) is 23.4. The van der Waals surface area contributed by atoms with E-state index in [9.17, 15) is 14.4 Å². The molecule has 1 aromatic heterocycles. The summed E-state index contributed by atoms with van der Waals surface area (Å²) in [7, 11) is 0. The number of benzene rings is 3. The van der Waals surface area contributed by atoms with Gasteiger partial charge in [0.25, 0.3) is 11.5 Å². The van der Waals surface area contributed by atoms with Gasteiger partial charge in [0.2, 0.25) is 0 Å². The molecule has 0 aliphatic rings. The highest BCUT2D eigenvalue weighted by Crippen LogP contribution is 2.27. The van der Waals surface area contributed by atoms with Crippen LogP contribution in [-0.2, 0) is 16.1 Å². The zero-order valence-corrected chi connectivity index (χ0v) is 18.4. The summed E-state index contributed by atoms with van der Waals surface area (Å²) < 4.78 is 6.82. The number of hydrogen-bond donors (Lipinski definition) is 1. The van der Waals surface area contributed by atoms with Crippen LogP contribution in [0.5, 0.6) is 0 Å². The minimum atomic E-state index is -0.642. The van der Waals surface area contributed by atoms with Gasteiger partial charge in [-0.25, -0.2) is 9.78 Å². The lowest BCUT2D eigenvalue weighted by molar-refractivity contribution is -0.119. The number of ether oxygens (including phenoxy) is 1. The highest BCUT2D eigenvalue weighted by molar-refractivity contribution is 5.99. The van der Waals surface area contributed by atoms with Crippen LogP contribution in [0.15, 0.2) is 77.6 Å². The fraction of sp³-hybridized carbons (Fsp3) is 0.154. The minimum absolute atomic E-state index is 0.159. The van der Waals surface area contributed by atoms with Gasteiger partial charge in [0.1, 0.15) is 5.69 Å². The highest BCUT2D eigenvalue weighted by atomic mass is 16.5. The quantitative estimate of drug-likeness (QED) is 0.453. The van der Waals surface area contributed by atoms with Crippen LogP contribution in [0.1, 0.15) is 23.0 Å². The molecule has 0 saturated heterocycles.